The fourth-order valence-corrected chi connectivity index (χ4v) is 1.04. The van der Waals surface area contributed by atoms with E-state index in [1.54, 1.807) is 0 Å². The number of allylic oxidation sites excluding steroid dienone is 4. The Hall–Kier alpha value is -1.36. The summed E-state index contributed by atoms with van der Waals surface area (Å²) in [5.41, 5.74) is 3.78. The van der Waals surface area contributed by atoms with Gasteiger partial charge in [0.2, 0.25) is 0 Å². The molecule has 0 heterocycles. The molecule has 0 aliphatic rings. The van der Waals surface area contributed by atoms with Gasteiger partial charge in [-0.3, -0.25) is 4.99 Å². The summed E-state index contributed by atoms with van der Waals surface area (Å²) in [5.74, 6) is 0. The zero-order chi connectivity index (χ0) is 10.4. The van der Waals surface area contributed by atoms with Gasteiger partial charge in [-0.15, -0.1) is 0 Å². The van der Waals surface area contributed by atoms with E-state index in [1.807, 2.05) is 27.7 Å². The monoisotopic (exact) mass is 176 g/mol. The molecule has 0 aliphatic heterocycles. The van der Waals surface area contributed by atoms with Crippen molar-refractivity contribution < 1.29 is 0 Å². The van der Waals surface area contributed by atoms with Crippen LogP contribution in [0, 0.1) is 11.3 Å². The molecule has 0 radical (unpaired) electrons. The largest absolute Gasteiger partial charge is 0.269 e. The summed E-state index contributed by atoms with van der Waals surface area (Å²) < 4.78 is 0. The van der Waals surface area contributed by atoms with E-state index in [-0.39, 0.29) is 0 Å². The Bertz CT molecular complexity index is 301. The van der Waals surface area contributed by atoms with Crippen LogP contribution < -0.4 is 0 Å². The van der Waals surface area contributed by atoms with Gasteiger partial charge in [-0.2, -0.15) is 5.26 Å². The van der Waals surface area contributed by atoms with E-state index in [2.05, 4.69) is 17.8 Å². The second kappa shape index (κ2) is 5.31. The van der Waals surface area contributed by atoms with Crippen molar-refractivity contribution in [2.45, 2.75) is 34.1 Å². The zero-order valence-corrected chi connectivity index (χ0v) is 8.81. The van der Waals surface area contributed by atoms with Crippen LogP contribution in [0.25, 0.3) is 0 Å². The molecule has 0 aromatic heterocycles. The highest BCUT2D eigenvalue weighted by Gasteiger charge is 2.03. The third-order valence-electron chi connectivity index (χ3n) is 2.28. The Morgan fingerprint density at radius 1 is 1.31 bits per heavy atom. The summed E-state index contributed by atoms with van der Waals surface area (Å²) in [4.78, 5) is 3.85. The molecule has 0 spiro atoms. The van der Waals surface area contributed by atoms with Gasteiger partial charge in [0.1, 0.15) is 0 Å². The fraction of sp³-hybridized carbons (Fsp3) is 0.455. The maximum absolute atomic E-state index is 8.82. The lowest BCUT2D eigenvalue weighted by molar-refractivity contribution is 1.09. The van der Waals surface area contributed by atoms with Crippen molar-refractivity contribution in [1.29, 1.82) is 5.26 Å². The molecule has 0 aliphatic carbocycles. The maximum atomic E-state index is 8.82. The van der Waals surface area contributed by atoms with E-state index in [0.717, 1.165) is 28.8 Å². The first-order chi connectivity index (χ1) is 6.08. The molecule has 2 nitrogen and oxygen atoms in total. The Kier molecular flexibility index (Phi) is 4.76. The van der Waals surface area contributed by atoms with Crippen LogP contribution >= 0.6 is 0 Å². The van der Waals surface area contributed by atoms with Crippen molar-refractivity contribution in [3.8, 4) is 6.07 Å². The standard InChI is InChI=1S/C11H16N2/c1-6-11(7-12)9(3)8(2)10(4)13-5/h5-6H2,1-4H3/b10-8-,11-9+. The molecule has 13 heavy (non-hydrogen) atoms. The second-order valence-corrected chi connectivity index (χ2v) is 2.94. The summed E-state index contributed by atoms with van der Waals surface area (Å²) in [6.45, 7) is 11.3. The van der Waals surface area contributed by atoms with Crippen molar-refractivity contribution in [3.05, 3.63) is 22.4 Å². The van der Waals surface area contributed by atoms with Gasteiger partial charge >= 0.3 is 0 Å². The molecule has 0 aromatic carbocycles. The Morgan fingerprint density at radius 3 is 2.15 bits per heavy atom. The van der Waals surface area contributed by atoms with Crippen molar-refractivity contribution >= 4 is 6.72 Å². The maximum Gasteiger partial charge on any atom is 0.0949 e. The number of aliphatic imine (C=N–C) groups is 1. The minimum absolute atomic E-state index is 0.768. The van der Waals surface area contributed by atoms with Gasteiger partial charge < -0.3 is 0 Å². The number of nitriles is 1. The van der Waals surface area contributed by atoms with Crippen LogP contribution in [0.5, 0.6) is 0 Å². The molecule has 0 atom stereocenters. The molecule has 0 amide bonds. The molecule has 0 rings (SSSR count). The average molecular weight is 176 g/mol. The van der Waals surface area contributed by atoms with Gasteiger partial charge in [0.05, 0.1) is 6.07 Å². The Morgan fingerprint density at radius 2 is 1.85 bits per heavy atom. The highest BCUT2D eigenvalue weighted by molar-refractivity contribution is 5.42. The van der Waals surface area contributed by atoms with Gasteiger partial charge in [0.25, 0.3) is 0 Å². The minimum atomic E-state index is 0.768. The first-order valence-electron chi connectivity index (χ1n) is 4.32. The van der Waals surface area contributed by atoms with Crippen LogP contribution in [0.3, 0.4) is 0 Å². The third-order valence-corrected chi connectivity index (χ3v) is 2.28. The van der Waals surface area contributed by atoms with Gasteiger partial charge in [0, 0.05) is 11.3 Å². The highest BCUT2D eigenvalue weighted by Crippen LogP contribution is 2.19. The molecule has 0 aromatic rings. The van der Waals surface area contributed by atoms with Crippen molar-refractivity contribution in [3.63, 3.8) is 0 Å². The number of hydrogen-bond acceptors (Lipinski definition) is 2. The van der Waals surface area contributed by atoms with Crippen molar-refractivity contribution in [2.75, 3.05) is 0 Å². The first-order valence-corrected chi connectivity index (χ1v) is 4.32. The zero-order valence-electron chi connectivity index (χ0n) is 8.81. The third kappa shape index (κ3) is 2.87. The van der Waals surface area contributed by atoms with E-state index in [0.29, 0.717) is 0 Å². The van der Waals surface area contributed by atoms with E-state index in [4.69, 9.17) is 5.26 Å². The number of nitrogens with zero attached hydrogens (tertiary/aromatic N) is 2. The quantitative estimate of drug-likeness (QED) is 0.369. The smallest absolute Gasteiger partial charge is 0.0949 e. The van der Waals surface area contributed by atoms with Gasteiger partial charge in [0.15, 0.2) is 0 Å². The lowest BCUT2D eigenvalue weighted by Gasteiger charge is -2.05. The molecule has 0 N–H and O–H groups in total. The summed E-state index contributed by atoms with van der Waals surface area (Å²) in [5, 5.41) is 8.82. The normalized spacial score (nSPS) is 14.1. The fourth-order valence-electron chi connectivity index (χ4n) is 1.04. The van der Waals surface area contributed by atoms with Crippen LogP contribution in [0.1, 0.15) is 34.1 Å². The van der Waals surface area contributed by atoms with Crippen LogP contribution in [0.2, 0.25) is 0 Å². The number of rotatable bonds is 3. The molecular formula is C11H16N2. The van der Waals surface area contributed by atoms with E-state index < -0.39 is 0 Å². The van der Waals surface area contributed by atoms with Crippen LogP contribution in [-0.2, 0) is 0 Å². The summed E-state index contributed by atoms with van der Waals surface area (Å²) in [6, 6.07) is 2.19. The van der Waals surface area contributed by atoms with E-state index in [9.17, 15) is 0 Å². The van der Waals surface area contributed by atoms with E-state index in [1.165, 1.54) is 0 Å². The molecule has 0 bridgehead atoms. The Balaban J connectivity index is 5.22. The molecule has 0 unspecified atom stereocenters. The predicted molar refractivity (Wildman–Crippen MR) is 56.5 cm³/mol. The summed E-state index contributed by atoms with van der Waals surface area (Å²) in [6.07, 6.45) is 0.768. The second-order valence-electron chi connectivity index (χ2n) is 2.94. The lowest BCUT2D eigenvalue weighted by Crippen LogP contribution is -1.89. The van der Waals surface area contributed by atoms with Crippen LogP contribution in [-0.4, -0.2) is 6.72 Å². The number of hydrogen-bond donors (Lipinski definition) is 0. The van der Waals surface area contributed by atoms with Gasteiger partial charge in [-0.05, 0) is 45.1 Å². The van der Waals surface area contributed by atoms with Gasteiger partial charge in [-0.25, -0.2) is 0 Å². The molecule has 2 heteroatoms. The minimum Gasteiger partial charge on any atom is -0.269 e. The first kappa shape index (κ1) is 11.6. The molecule has 0 saturated carbocycles. The Labute approximate surface area is 80.3 Å². The van der Waals surface area contributed by atoms with Crippen LogP contribution in [0.4, 0.5) is 0 Å². The molecule has 0 saturated heterocycles. The summed E-state index contributed by atoms with van der Waals surface area (Å²) >= 11 is 0. The SMILES string of the molecule is C=N/C(C)=C(C)\C(C)=C(\C#N)CC. The van der Waals surface area contributed by atoms with E-state index >= 15 is 0 Å². The average Bonchev–Trinajstić information content (AvgIpc) is 2.17. The molecular weight excluding hydrogens is 160 g/mol. The summed E-state index contributed by atoms with van der Waals surface area (Å²) in [7, 11) is 0. The molecule has 70 valence electrons. The van der Waals surface area contributed by atoms with Gasteiger partial charge in [-0.1, -0.05) is 6.92 Å². The highest BCUT2D eigenvalue weighted by atomic mass is 14.7. The molecule has 0 fully saturated rings. The predicted octanol–water partition coefficient (Wildman–Crippen LogP) is 3.23. The van der Waals surface area contributed by atoms with Crippen LogP contribution in [0.15, 0.2) is 27.4 Å². The topological polar surface area (TPSA) is 36.1 Å². The van der Waals surface area contributed by atoms with Crippen molar-refractivity contribution in [1.82, 2.24) is 0 Å². The lowest BCUT2D eigenvalue weighted by atomic mass is 10.0. The van der Waals surface area contributed by atoms with Crippen molar-refractivity contribution in [2.24, 2.45) is 4.99 Å².